The van der Waals surface area contributed by atoms with E-state index in [0.717, 1.165) is 33.8 Å². The molecule has 0 saturated carbocycles. The Morgan fingerprint density at radius 3 is 2.31 bits per heavy atom. The molecule has 7 nitrogen and oxygen atoms in total. The highest BCUT2D eigenvalue weighted by molar-refractivity contribution is 5.71. The minimum Gasteiger partial charge on any atom is -0.507 e. The second-order valence-corrected chi connectivity index (χ2v) is 7.04. The third-order valence-electron chi connectivity index (χ3n) is 4.63. The summed E-state index contributed by atoms with van der Waals surface area (Å²) in [6, 6.07) is 11.1. The van der Waals surface area contributed by atoms with Crippen molar-refractivity contribution >= 4 is 6.47 Å². The number of aromatic nitrogens is 3. The van der Waals surface area contributed by atoms with Crippen LogP contribution in [0.4, 0.5) is 4.53 Å². The number of phenolic OH excluding ortho intramolecular Hbond substituents is 1. The summed E-state index contributed by atoms with van der Waals surface area (Å²) in [5.41, 5.74) is 6.08. The average molecular weight is 441 g/mol. The quantitative estimate of drug-likeness (QED) is 0.537. The smallest absolute Gasteiger partial charge is 0.337 e. The Kier molecular flexibility index (Phi) is 11.1. The highest BCUT2D eigenvalue weighted by Gasteiger charge is 2.15. The first-order chi connectivity index (χ1) is 15.3. The Hall–Kier alpha value is -3.73. The lowest BCUT2D eigenvalue weighted by atomic mass is 10.0. The average Bonchev–Trinajstić information content (AvgIpc) is 3.08. The van der Waals surface area contributed by atoms with Gasteiger partial charge in [0, 0.05) is 27.7 Å². The van der Waals surface area contributed by atoms with Crippen molar-refractivity contribution in [3.8, 4) is 22.9 Å². The van der Waals surface area contributed by atoms with Crippen LogP contribution in [0.15, 0.2) is 36.5 Å². The summed E-state index contributed by atoms with van der Waals surface area (Å²) in [5.74, 6) is -0.00992. The van der Waals surface area contributed by atoms with Gasteiger partial charge in [0.1, 0.15) is 11.8 Å². The summed E-state index contributed by atoms with van der Waals surface area (Å²) < 4.78 is 11.8. The van der Waals surface area contributed by atoms with Crippen molar-refractivity contribution in [2.75, 3.05) is 0 Å². The molecule has 0 spiro atoms. The zero-order chi connectivity index (χ0) is 24.1. The van der Waals surface area contributed by atoms with Gasteiger partial charge in [0.15, 0.2) is 0 Å². The van der Waals surface area contributed by atoms with Crippen LogP contribution in [-0.2, 0) is 16.3 Å². The van der Waals surface area contributed by atoms with Crippen LogP contribution in [0.2, 0.25) is 0 Å². The summed E-state index contributed by atoms with van der Waals surface area (Å²) in [5, 5.41) is 23.5. The van der Waals surface area contributed by atoms with E-state index in [2.05, 4.69) is 28.9 Å². The van der Waals surface area contributed by atoms with Gasteiger partial charge >= 0.3 is 6.47 Å². The fourth-order valence-electron chi connectivity index (χ4n) is 2.82. The number of hydrogen-bond acceptors (Lipinski definition) is 6. The van der Waals surface area contributed by atoms with E-state index >= 15 is 0 Å². The number of aryl methyl sites for hydroxylation is 2. The molecule has 0 atom stereocenters. The molecule has 3 rings (SSSR count). The molecule has 0 aliphatic heterocycles. The van der Waals surface area contributed by atoms with Crippen LogP contribution in [0.1, 0.15) is 54.9 Å². The largest absolute Gasteiger partial charge is 0.507 e. The van der Waals surface area contributed by atoms with Gasteiger partial charge in [-0.05, 0) is 50.1 Å². The third-order valence-corrected chi connectivity index (χ3v) is 4.63. The number of rotatable bonds is 5. The molecule has 1 N–H and O–H groups in total. The number of carbonyl (C=O) groups is 1. The Labute approximate surface area is 188 Å². The van der Waals surface area contributed by atoms with Crippen molar-refractivity contribution in [3.05, 3.63) is 64.7 Å². The number of carbonyl (C=O) groups excluding carboxylic acids is 1. The molecule has 0 fully saturated rings. The normalized spacial score (nSPS) is 9.53. The van der Waals surface area contributed by atoms with E-state index in [9.17, 15) is 9.63 Å². The number of nitriles is 1. The molecule has 0 unspecified atom stereocenters. The molecule has 0 amide bonds. The third kappa shape index (κ3) is 7.51. The lowest BCUT2D eigenvalue weighted by Gasteiger charge is -2.07. The topological polar surface area (TPSA) is 101 Å². The zero-order valence-corrected chi connectivity index (χ0v) is 19.1. The molecule has 0 aliphatic rings. The number of aromatic hydroxyl groups is 1. The SMILES string of the molecule is CCCC.Cc1ccc(Cn2nc(C)c(-c3ccc(C#N)c(O)c3)c2C)cn1.O=COF. The molecule has 2 heterocycles. The molecule has 3 aromatic rings. The molecule has 8 heteroatoms. The van der Waals surface area contributed by atoms with E-state index in [1.165, 1.54) is 12.8 Å². The van der Waals surface area contributed by atoms with Crippen molar-refractivity contribution < 1.29 is 19.4 Å². The minimum absolute atomic E-state index is 0.00992. The molecule has 2 aromatic heterocycles. The van der Waals surface area contributed by atoms with E-state index in [1.807, 2.05) is 55.9 Å². The summed E-state index contributed by atoms with van der Waals surface area (Å²) in [4.78, 5) is 15.3. The maximum atomic E-state index is 9.94. The van der Waals surface area contributed by atoms with Crippen molar-refractivity contribution in [2.45, 2.75) is 54.0 Å². The van der Waals surface area contributed by atoms with Gasteiger partial charge < -0.3 is 5.11 Å². The second kappa shape index (κ2) is 13.5. The van der Waals surface area contributed by atoms with E-state index in [-0.39, 0.29) is 17.8 Å². The summed E-state index contributed by atoms with van der Waals surface area (Å²) >= 11 is 0. The lowest BCUT2D eigenvalue weighted by Crippen LogP contribution is -2.04. The number of phenols is 1. The fourth-order valence-corrected chi connectivity index (χ4v) is 2.82. The minimum atomic E-state index is -0.292. The number of hydrogen-bond donors (Lipinski definition) is 1. The van der Waals surface area contributed by atoms with Crippen molar-refractivity contribution in [1.29, 1.82) is 5.26 Å². The highest BCUT2D eigenvalue weighted by atomic mass is 19.3. The summed E-state index contributed by atoms with van der Waals surface area (Å²) in [6.45, 7) is 10.6. The van der Waals surface area contributed by atoms with Crippen LogP contribution in [-0.4, -0.2) is 26.3 Å². The molecule has 0 bridgehead atoms. The van der Waals surface area contributed by atoms with Gasteiger partial charge in [-0.15, -0.1) is 0 Å². The van der Waals surface area contributed by atoms with Crippen LogP contribution in [0.5, 0.6) is 5.75 Å². The van der Waals surface area contributed by atoms with Gasteiger partial charge in [0.25, 0.3) is 0 Å². The number of pyridine rings is 1. The zero-order valence-electron chi connectivity index (χ0n) is 19.1. The van der Waals surface area contributed by atoms with Gasteiger partial charge in [-0.2, -0.15) is 10.4 Å². The molecule has 0 saturated heterocycles. The molecule has 0 radical (unpaired) electrons. The maximum Gasteiger partial charge on any atom is 0.337 e. The highest BCUT2D eigenvalue weighted by Crippen LogP contribution is 2.31. The summed E-state index contributed by atoms with van der Waals surface area (Å²) in [6.07, 6.45) is 4.50. The molecule has 170 valence electrons. The molecule has 32 heavy (non-hydrogen) atoms. The van der Waals surface area contributed by atoms with Crippen LogP contribution in [0, 0.1) is 32.1 Å². The summed E-state index contributed by atoms with van der Waals surface area (Å²) in [7, 11) is 0. The number of halogens is 1. The molecular weight excluding hydrogens is 411 g/mol. The van der Waals surface area contributed by atoms with Crippen molar-refractivity contribution in [2.24, 2.45) is 0 Å². The molecule has 0 aliphatic carbocycles. The van der Waals surface area contributed by atoms with Crippen LogP contribution >= 0.6 is 0 Å². The fraction of sp³-hybridized carbons (Fsp3) is 0.333. The van der Waals surface area contributed by atoms with Gasteiger partial charge in [0.05, 0.1) is 17.8 Å². The Morgan fingerprint density at radius 2 is 1.84 bits per heavy atom. The van der Waals surface area contributed by atoms with E-state index in [0.29, 0.717) is 6.54 Å². The molecular formula is C24H29FN4O3. The van der Waals surface area contributed by atoms with Crippen molar-refractivity contribution in [3.63, 3.8) is 0 Å². The lowest BCUT2D eigenvalue weighted by molar-refractivity contribution is -0.165. The maximum absolute atomic E-state index is 9.94. The van der Waals surface area contributed by atoms with Crippen LogP contribution in [0.3, 0.4) is 0 Å². The Balaban J connectivity index is 0.000000554. The number of unbranched alkanes of at least 4 members (excludes halogenated alkanes) is 1. The second-order valence-electron chi connectivity index (χ2n) is 7.04. The first-order valence-electron chi connectivity index (χ1n) is 10.2. The predicted molar refractivity (Wildman–Crippen MR) is 120 cm³/mol. The predicted octanol–water partition coefficient (Wildman–Crippen LogP) is 5.35. The van der Waals surface area contributed by atoms with Gasteiger partial charge in [-0.25, -0.2) is 0 Å². The first kappa shape index (κ1) is 26.3. The van der Waals surface area contributed by atoms with Crippen molar-refractivity contribution in [1.82, 2.24) is 14.8 Å². The van der Waals surface area contributed by atoms with Crippen LogP contribution < -0.4 is 0 Å². The monoisotopic (exact) mass is 440 g/mol. The first-order valence-corrected chi connectivity index (χ1v) is 10.2. The Morgan fingerprint density at radius 1 is 1.19 bits per heavy atom. The van der Waals surface area contributed by atoms with Gasteiger partial charge in [-0.1, -0.05) is 38.8 Å². The van der Waals surface area contributed by atoms with E-state index in [1.54, 1.807) is 12.1 Å². The Bertz CT molecular complexity index is 1040. The van der Waals surface area contributed by atoms with Gasteiger partial charge in [0.2, 0.25) is 0 Å². The molecule has 1 aromatic carbocycles. The van der Waals surface area contributed by atoms with Gasteiger partial charge in [-0.3, -0.25) is 19.4 Å². The van der Waals surface area contributed by atoms with Crippen LogP contribution in [0.25, 0.3) is 11.1 Å². The van der Waals surface area contributed by atoms with E-state index < -0.39 is 0 Å². The standard InChI is InChI=1S/C19H18N4O.C4H10.CHFO2/c1-12-4-5-15(10-21-12)11-23-14(3)19(13(2)22-23)16-6-7-17(9-20)18(24)8-16;1-3-4-2;2-4-1-3/h4-8,10,24H,11H2,1-3H3;3-4H2,1-2H3;1H. The number of benzene rings is 1. The number of nitrogens with zero attached hydrogens (tertiary/aromatic N) is 4. The van der Waals surface area contributed by atoms with E-state index in [4.69, 9.17) is 10.1 Å².